The third kappa shape index (κ3) is 5.33. The third-order valence-corrected chi connectivity index (χ3v) is 2.02. The number of methoxy groups -OCH3 is 2. The van der Waals surface area contributed by atoms with E-state index in [0.717, 1.165) is 0 Å². The van der Waals surface area contributed by atoms with Crippen molar-refractivity contribution in [1.82, 2.24) is 0 Å². The number of ether oxygens (including phenoxy) is 3. The minimum Gasteiger partial charge on any atom is -0.497 e. The Morgan fingerprint density at radius 2 is 2.12 bits per heavy atom. The summed E-state index contributed by atoms with van der Waals surface area (Å²) in [4.78, 5) is 11.5. The summed E-state index contributed by atoms with van der Waals surface area (Å²) < 4.78 is 14.9. The summed E-state index contributed by atoms with van der Waals surface area (Å²) in [6.45, 7) is 0.898. The number of benzene rings is 1. The molecular formula is C12H17NO4. The molecule has 0 fully saturated rings. The number of carbonyl (C=O) groups is 1. The fourth-order valence-electron chi connectivity index (χ4n) is 1.21. The van der Waals surface area contributed by atoms with Gasteiger partial charge in [-0.2, -0.15) is 0 Å². The van der Waals surface area contributed by atoms with Gasteiger partial charge in [-0.15, -0.1) is 0 Å². The average molecular weight is 239 g/mol. The van der Waals surface area contributed by atoms with Gasteiger partial charge < -0.3 is 19.5 Å². The highest BCUT2D eigenvalue weighted by molar-refractivity contribution is 5.91. The van der Waals surface area contributed by atoms with Crippen molar-refractivity contribution in [2.75, 3.05) is 39.4 Å². The molecule has 0 unspecified atom stereocenters. The minimum atomic E-state index is -0.200. The van der Waals surface area contributed by atoms with Gasteiger partial charge in [0.25, 0.3) is 0 Å². The van der Waals surface area contributed by atoms with Crippen molar-refractivity contribution in [3.63, 3.8) is 0 Å². The van der Waals surface area contributed by atoms with Gasteiger partial charge in [0.15, 0.2) is 0 Å². The lowest BCUT2D eigenvalue weighted by Gasteiger charge is -2.07. The van der Waals surface area contributed by atoms with Gasteiger partial charge in [-0.3, -0.25) is 4.79 Å². The number of nitrogens with one attached hydrogen (secondary N) is 1. The first-order chi connectivity index (χ1) is 8.26. The molecule has 5 heteroatoms. The Morgan fingerprint density at radius 3 is 2.82 bits per heavy atom. The van der Waals surface area contributed by atoms with E-state index in [9.17, 15) is 4.79 Å². The first kappa shape index (κ1) is 13.5. The van der Waals surface area contributed by atoms with Crippen LogP contribution < -0.4 is 10.1 Å². The average Bonchev–Trinajstić information content (AvgIpc) is 2.35. The smallest absolute Gasteiger partial charge is 0.250 e. The molecule has 1 aromatic carbocycles. The summed E-state index contributed by atoms with van der Waals surface area (Å²) in [5.74, 6) is 0.498. The molecule has 0 heterocycles. The van der Waals surface area contributed by atoms with Gasteiger partial charge in [0.1, 0.15) is 12.4 Å². The number of hydrogen-bond donors (Lipinski definition) is 1. The summed E-state index contributed by atoms with van der Waals surface area (Å²) in [5, 5.41) is 2.71. The van der Waals surface area contributed by atoms with Crippen LogP contribution in [-0.2, 0) is 14.3 Å². The quantitative estimate of drug-likeness (QED) is 0.729. The van der Waals surface area contributed by atoms with E-state index < -0.39 is 0 Å². The summed E-state index contributed by atoms with van der Waals surface area (Å²) in [6.07, 6.45) is 0. The number of hydrogen-bond acceptors (Lipinski definition) is 4. The van der Waals surface area contributed by atoms with Crippen molar-refractivity contribution in [3.8, 4) is 5.75 Å². The van der Waals surface area contributed by atoms with Gasteiger partial charge in [0.2, 0.25) is 5.91 Å². The second-order valence-electron chi connectivity index (χ2n) is 3.33. The largest absolute Gasteiger partial charge is 0.497 e. The highest BCUT2D eigenvalue weighted by Gasteiger charge is 2.03. The summed E-state index contributed by atoms with van der Waals surface area (Å²) in [6, 6.07) is 7.15. The number of carbonyl (C=O) groups excluding carboxylic acids is 1. The van der Waals surface area contributed by atoms with Crippen molar-refractivity contribution >= 4 is 11.6 Å². The van der Waals surface area contributed by atoms with Crippen molar-refractivity contribution in [2.24, 2.45) is 0 Å². The molecule has 0 atom stereocenters. The topological polar surface area (TPSA) is 56.8 Å². The maximum Gasteiger partial charge on any atom is 0.250 e. The lowest BCUT2D eigenvalue weighted by molar-refractivity contribution is -0.121. The van der Waals surface area contributed by atoms with Crippen LogP contribution >= 0.6 is 0 Å². The number of anilines is 1. The third-order valence-electron chi connectivity index (χ3n) is 2.02. The molecule has 1 N–H and O–H groups in total. The van der Waals surface area contributed by atoms with E-state index in [-0.39, 0.29) is 12.5 Å². The molecule has 0 saturated heterocycles. The van der Waals surface area contributed by atoms with E-state index in [2.05, 4.69) is 5.32 Å². The molecule has 5 nitrogen and oxygen atoms in total. The van der Waals surface area contributed by atoms with E-state index in [1.807, 2.05) is 6.07 Å². The van der Waals surface area contributed by atoms with Crippen molar-refractivity contribution in [2.45, 2.75) is 0 Å². The van der Waals surface area contributed by atoms with Crippen LogP contribution in [0.1, 0.15) is 0 Å². The molecule has 1 amide bonds. The zero-order chi connectivity index (χ0) is 12.5. The SMILES string of the molecule is COCCOCC(=O)Nc1cccc(OC)c1. The summed E-state index contributed by atoms with van der Waals surface area (Å²) in [7, 11) is 3.16. The highest BCUT2D eigenvalue weighted by atomic mass is 16.5. The van der Waals surface area contributed by atoms with E-state index in [1.54, 1.807) is 32.4 Å². The van der Waals surface area contributed by atoms with Crippen LogP contribution in [0.25, 0.3) is 0 Å². The zero-order valence-electron chi connectivity index (χ0n) is 10.1. The molecule has 0 aliphatic heterocycles. The van der Waals surface area contributed by atoms with Gasteiger partial charge in [-0.1, -0.05) is 6.07 Å². The molecule has 0 spiro atoms. The zero-order valence-corrected chi connectivity index (χ0v) is 10.1. The predicted octanol–water partition coefficient (Wildman–Crippen LogP) is 1.30. The Kier molecular flexibility index (Phi) is 6.06. The van der Waals surface area contributed by atoms with Crippen molar-refractivity contribution < 1.29 is 19.0 Å². The molecular weight excluding hydrogens is 222 g/mol. The van der Waals surface area contributed by atoms with Crippen LogP contribution in [0.3, 0.4) is 0 Å². The Morgan fingerprint density at radius 1 is 1.29 bits per heavy atom. The molecule has 0 bridgehead atoms. The molecule has 0 aliphatic rings. The first-order valence-corrected chi connectivity index (χ1v) is 5.27. The van der Waals surface area contributed by atoms with Crippen LogP contribution in [0, 0.1) is 0 Å². The van der Waals surface area contributed by atoms with Crippen molar-refractivity contribution in [3.05, 3.63) is 24.3 Å². The van der Waals surface area contributed by atoms with Crippen LogP contribution in [0.15, 0.2) is 24.3 Å². The highest BCUT2D eigenvalue weighted by Crippen LogP contribution is 2.16. The van der Waals surface area contributed by atoms with Gasteiger partial charge in [-0.25, -0.2) is 0 Å². The molecule has 0 saturated carbocycles. The molecule has 0 aromatic heterocycles. The van der Waals surface area contributed by atoms with Crippen molar-refractivity contribution in [1.29, 1.82) is 0 Å². The van der Waals surface area contributed by atoms with E-state index in [4.69, 9.17) is 14.2 Å². The molecule has 0 aliphatic carbocycles. The van der Waals surface area contributed by atoms with Crippen LogP contribution in [-0.4, -0.2) is 39.9 Å². The van der Waals surface area contributed by atoms with Crippen LogP contribution in [0.4, 0.5) is 5.69 Å². The normalized spacial score (nSPS) is 10.0. The number of amides is 1. The van der Waals surface area contributed by atoms with Crippen LogP contribution in [0.5, 0.6) is 5.75 Å². The Labute approximate surface area is 101 Å². The summed E-state index contributed by atoms with van der Waals surface area (Å²) in [5.41, 5.74) is 0.685. The molecule has 94 valence electrons. The van der Waals surface area contributed by atoms with Gasteiger partial charge in [0, 0.05) is 18.9 Å². The predicted molar refractivity (Wildman–Crippen MR) is 64.3 cm³/mol. The fraction of sp³-hybridized carbons (Fsp3) is 0.417. The van der Waals surface area contributed by atoms with Gasteiger partial charge in [0.05, 0.1) is 20.3 Å². The summed E-state index contributed by atoms with van der Waals surface area (Å²) >= 11 is 0. The monoisotopic (exact) mass is 239 g/mol. The number of rotatable bonds is 7. The minimum absolute atomic E-state index is 0.0145. The molecule has 17 heavy (non-hydrogen) atoms. The fourth-order valence-corrected chi connectivity index (χ4v) is 1.21. The Bertz CT molecular complexity index is 354. The van der Waals surface area contributed by atoms with E-state index in [1.165, 1.54) is 0 Å². The molecule has 1 rings (SSSR count). The molecule has 1 aromatic rings. The van der Waals surface area contributed by atoms with E-state index in [0.29, 0.717) is 24.7 Å². The van der Waals surface area contributed by atoms with Crippen LogP contribution in [0.2, 0.25) is 0 Å². The first-order valence-electron chi connectivity index (χ1n) is 5.27. The lowest BCUT2D eigenvalue weighted by atomic mass is 10.3. The maximum atomic E-state index is 11.5. The Balaban J connectivity index is 2.34. The maximum absolute atomic E-state index is 11.5. The Hall–Kier alpha value is -1.59. The molecule has 0 radical (unpaired) electrons. The van der Waals surface area contributed by atoms with Gasteiger partial charge >= 0.3 is 0 Å². The van der Waals surface area contributed by atoms with Gasteiger partial charge in [-0.05, 0) is 12.1 Å². The standard InChI is InChI=1S/C12H17NO4/c1-15-6-7-17-9-12(14)13-10-4-3-5-11(8-10)16-2/h3-5,8H,6-7,9H2,1-2H3,(H,13,14). The second-order valence-corrected chi connectivity index (χ2v) is 3.33. The lowest BCUT2D eigenvalue weighted by Crippen LogP contribution is -2.19. The van der Waals surface area contributed by atoms with E-state index >= 15 is 0 Å². The second kappa shape index (κ2) is 7.65.